The number of halogens is 3. The van der Waals surface area contributed by atoms with Gasteiger partial charge in [-0.15, -0.1) is 0 Å². The lowest BCUT2D eigenvalue weighted by Gasteiger charge is -2.21. The Hall–Kier alpha value is -2.87. The van der Waals surface area contributed by atoms with E-state index in [2.05, 4.69) is 57.7 Å². The molecule has 1 fully saturated rings. The average molecular weight is 448 g/mol. The molecule has 3 N–H and O–H groups in total. The highest BCUT2D eigenvalue weighted by molar-refractivity contribution is 5.81. The first-order valence-electron chi connectivity index (χ1n) is 10.9. The summed E-state index contributed by atoms with van der Waals surface area (Å²) >= 11 is 0. The fourth-order valence-electron chi connectivity index (χ4n) is 3.94. The van der Waals surface area contributed by atoms with Crippen LogP contribution in [0.1, 0.15) is 44.1 Å². The Morgan fingerprint density at radius 3 is 2.38 bits per heavy atom. The number of aliphatic carboxylic acids is 1. The zero-order valence-electron chi connectivity index (χ0n) is 17.8. The Kier molecular flexibility index (Phi) is 8.27. The highest BCUT2D eigenvalue weighted by atomic mass is 19.4. The van der Waals surface area contributed by atoms with E-state index in [9.17, 15) is 13.2 Å². The number of hydrogen-bond acceptors (Lipinski definition) is 3. The Morgan fingerprint density at radius 1 is 1.06 bits per heavy atom. The second-order valence-electron chi connectivity index (χ2n) is 8.10. The van der Waals surface area contributed by atoms with Crippen LogP contribution in [-0.2, 0) is 11.3 Å². The van der Waals surface area contributed by atoms with Gasteiger partial charge in [0.1, 0.15) is 0 Å². The molecule has 2 aromatic carbocycles. The first-order valence-corrected chi connectivity index (χ1v) is 10.9. The van der Waals surface area contributed by atoms with Crippen LogP contribution in [0.5, 0.6) is 0 Å². The number of hydrogen-bond donors (Lipinski definition) is 3. The molecule has 0 saturated heterocycles. The number of imidazole rings is 1. The summed E-state index contributed by atoms with van der Waals surface area (Å²) in [5.41, 5.74) is 5.92. The molecule has 172 valence electrons. The first kappa shape index (κ1) is 23.8. The van der Waals surface area contributed by atoms with E-state index in [-0.39, 0.29) is 0 Å². The van der Waals surface area contributed by atoms with Crippen molar-refractivity contribution in [1.82, 2.24) is 15.3 Å². The lowest BCUT2D eigenvalue weighted by Crippen LogP contribution is -2.21. The lowest BCUT2D eigenvalue weighted by atomic mass is 9.87. The molecule has 32 heavy (non-hydrogen) atoms. The number of carboxylic acid groups (broad SMARTS) is 1. The van der Waals surface area contributed by atoms with E-state index >= 15 is 0 Å². The maximum atomic E-state index is 10.6. The van der Waals surface area contributed by atoms with Crippen LogP contribution in [0.3, 0.4) is 0 Å². The summed E-state index contributed by atoms with van der Waals surface area (Å²) in [6, 6.07) is 15.3. The Labute approximate surface area is 185 Å². The third kappa shape index (κ3) is 7.09. The van der Waals surface area contributed by atoms with Crippen LogP contribution < -0.4 is 5.32 Å². The Bertz CT molecular complexity index is 994. The molecule has 3 aromatic rings. The fourth-order valence-corrected chi connectivity index (χ4v) is 3.94. The minimum absolute atomic E-state index is 0.959. The van der Waals surface area contributed by atoms with E-state index in [0.29, 0.717) is 0 Å². The predicted molar refractivity (Wildman–Crippen MR) is 118 cm³/mol. The van der Waals surface area contributed by atoms with E-state index in [1.54, 1.807) is 6.33 Å². The number of aromatic amines is 1. The summed E-state index contributed by atoms with van der Waals surface area (Å²) in [6.45, 7) is 2.10. The quantitative estimate of drug-likeness (QED) is 0.410. The zero-order chi connectivity index (χ0) is 23.0. The third-order valence-electron chi connectivity index (χ3n) is 5.73. The highest BCUT2D eigenvalue weighted by Gasteiger charge is 2.38. The predicted octanol–water partition coefficient (Wildman–Crippen LogP) is 5.92. The SMILES string of the molecule is O=C(O)C(F)(F)F.c1nc2cc(-c3ccc(CNCCC4CCCCC4)cc3)ccc2[nH]1. The van der Waals surface area contributed by atoms with Crippen molar-refractivity contribution in [3.8, 4) is 11.1 Å². The van der Waals surface area contributed by atoms with E-state index in [1.807, 2.05) is 0 Å². The van der Waals surface area contributed by atoms with Crippen LogP contribution in [0.15, 0.2) is 48.8 Å². The number of aromatic nitrogens is 2. The number of nitrogens with one attached hydrogen (secondary N) is 2. The first-order chi connectivity index (χ1) is 15.3. The van der Waals surface area contributed by atoms with Crippen molar-refractivity contribution in [2.75, 3.05) is 6.54 Å². The van der Waals surface area contributed by atoms with Crippen molar-refractivity contribution >= 4 is 17.0 Å². The second-order valence-corrected chi connectivity index (χ2v) is 8.10. The molecule has 0 atom stereocenters. The molecule has 4 rings (SSSR count). The molecule has 0 bridgehead atoms. The van der Waals surface area contributed by atoms with Crippen LogP contribution in [0, 0.1) is 5.92 Å². The van der Waals surface area contributed by atoms with Gasteiger partial charge < -0.3 is 15.4 Å². The normalized spacial score (nSPS) is 14.7. The number of benzene rings is 2. The van der Waals surface area contributed by atoms with Crippen molar-refractivity contribution in [2.45, 2.75) is 51.2 Å². The van der Waals surface area contributed by atoms with Crippen LogP contribution in [0.2, 0.25) is 0 Å². The standard InChI is InChI=1S/C22H27N3.C2HF3O2/c1-2-4-17(5-3-1)12-13-23-15-18-6-8-19(9-7-18)20-10-11-21-22(14-20)25-16-24-21;3-2(4,5)1(6)7/h6-11,14,16-17,23H,1-5,12-13,15H2,(H,24,25);(H,6,7). The lowest BCUT2D eigenvalue weighted by molar-refractivity contribution is -0.192. The van der Waals surface area contributed by atoms with Crippen LogP contribution in [0.4, 0.5) is 13.2 Å². The van der Waals surface area contributed by atoms with E-state index in [0.717, 1.165) is 30.0 Å². The number of carboxylic acids is 1. The number of H-pyrrole nitrogens is 1. The summed E-state index contributed by atoms with van der Waals surface area (Å²) in [7, 11) is 0. The van der Waals surface area contributed by atoms with Crippen molar-refractivity contribution in [3.05, 3.63) is 54.4 Å². The molecule has 5 nitrogen and oxygen atoms in total. The van der Waals surface area contributed by atoms with Crippen LogP contribution in [-0.4, -0.2) is 33.8 Å². The van der Waals surface area contributed by atoms with Gasteiger partial charge in [0, 0.05) is 6.54 Å². The summed E-state index contributed by atoms with van der Waals surface area (Å²) in [4.78, 5) is 16.4. The summed E-state index contributed by atoms with van der Waals surface area (Å²) < 4.78 is 31.7. The molecule has 0 spiro atoms. The molecule has 0 aliphatic heterocycles. The van der Waals surface area contributed by atoms with Gasteiger partial charge in [-0.2, -0.15) is 13.2 Å². The topological polar surface area (TPSA) is 78.0 Å². The maximum absolute atomic E-state index is 10.6. The molecule has 0 unspecified atom stereocenters. The zero-order valence-corrected chi connectivity index (χ0v) is 17.8. The van der Waals surface area contributed by atoms with Gasteiger partial charge in [0.05, 0.1) is 17.4 Å². The largest absolute Gasteiger partial charge is 0.490 e. The molecule has 0 amide bonds. The minimum atomic E-state index is -5.08. The molecule has 1 saturated carbocycles. The van der Waals surface area contributed by atoms with E-state index < -0.39 is 12.1 Å². The number of fused-ring (bicyclic) bond motifs is 1. The molecule has 1 heterocycles. The fraction of sp³-hybridized carbons (Fsp3) is 0.417. The minimum Gasteiger partial charge on any atom is -0.475 e. The molecule has 1 aliphatic rings. The molecule has 1 aliphatic carbocycles. The molecule has 8 heteroatoms. The second kappa shape index (κ2) is 11.1. The van der Waals surface area contributed by atoms with Crippen molar-refractivity contribution in [2.24, 2.45) is 5.92 Å². The Balaban J connectivity index is 0.000000360. The van der Waals surface area contributed by atoms with Crippen LogP contribution in [0.25, 0.3) is 22.2 Å². The average Bonchev–Trinajstić information content (AvgIpc) is 3.26. The number of rotatable bonds is 6. The summed E-state index contributed by atoms with van der Waals surface area (Å²) in [6.07, 6.45) is 5.21. The van der Waals surface area contributed by atoms with Gasteiger partial charge in [-0.1, -0.05) is 62.4 Å². The van der Waals surface area contributed by atoms with Crippen LogP contribution >= 0.6 is 0 Å². The van der Waals surface area contributed by atoms with Gasteiger partial charge >= 0.3 is 12.1 Å². The smallest absolute Gasteiger partial charge is 0.475 e. The number of alkyl halides is 3. The molecule has 1 aromatic heterocycles. The van der Waals surface area contributed by atoms with Gasteiger partial charge in [-0.05, 0) is 47.7 Å². The van der Waals surface area contributed by atoms with Gasteiger partial charge in [0.25, 0.3) is 0 Å². The number of nitrogens with zero attached hydrogens (tertiary/aromatic N) is 1. The molecule has 0 radical (unpaired) electrons. The summed E-state index contributed by atoms with van der Waals surface area (Å²) in [5.74, 6) is -1.80. The Morgan fingerprint density at radius 2 is 1.72 bits per heavy atom. The van der Waals surface area contributed by atoms with E-state index in [4.69, 9.17) is 9.90 Å². The van der Waals surface area contributed by atoms with Gasteiger partial charge in [-0.3, -0.25) is 0 Å². The van der Waals surface area contributed by atoms with Crippen molar-refractivity contribution in [3.63, 3.8) is 0 Å². The van der Waals surface area contributed by atoms with Gasteiger partial charge in [0.15, 0.2) is 0 Å². The van der Waals surface area contributed by atoms with Gasteiger partial charge in [-0.25, -0.2) is 9.78 Å². The highest BCUT2D eigenvalue weighted by Crippen LogP contribution is 2.26. The molecular formula is C24H28F3N3O2. The van der Waals surface area contributed by atoms with E-state index in [1.165, 1.54) is 55.2 Å². The summed E-state index contributed by atoms with van der Waals surface area (Å²) in [5, 5.41) is 10.7. The monoisotopic (exact) mass is 447 g/mol. The van der Waals surface area contributed by atoms with Crippen molar-refractivity contribution < 1.29 is 23.1 Å². The third-order valence-corrected chi connectivity index (χ3v) is 5.73. The number of carbonyl (C=O) groups is 1. The van der Waals surface area contributed by atoms with Crippen molar-refractivity contribution in [1.29, 1.82) is 0 Å². The maximum Gasteiger partial charge on any atom is 0.490 e. The van der Waals surface area contributed by atoms with Gasteiger partial charge in [0.2, 0.25) is 0 Å². The molecular weight excluding hydrogens is 419 g/mol.